The number of aryl methyl sites for hydroxylation is 4. The molecule has 0 saturated heterocycles. The molecule has 4 aromatic rings. The van der Waals surface area contributed by atoms with Crippen LogP contribution < -0.4 is 10.1 Å². The molecule has 1 aromatic heterocycles. The van der Waals surface area contributed by atoms with Gasteiger partial charge < -0.3 is 14.6 Å². The van der Waals surface area contributed by atoms with Gasteiger partial charge in [0, 0.05) is 19.5 Å². The van der Waals surface area contributed by atoms with Gasteiger partial charge in [0.05, 0.1) is 24.6 Å². The Bertz CT molecular complexity index is 1270. The molecule has 0 aliphatic heterocycles. The molecule has 1 N–H and O–H groups in total. The third-order valence-electron chi connectivity index (χ3n) is 6.31. The van der Waals surface area contributed by atoms with Crippen LogP contribution in [-0.2, 0) is 24.2 Å². The first-order valence-corrected chi connectivity index (χ1v) is 11.8. The molecule has 5 nitrogen and oxygen atoms in total. The highest BCUT2D eigenvalue weighted by atomic mass is 16.5. The Hall–Kier alpha value is -3.60. The van der Waals surface area contributed by atoms with Crippen molar-refractivity contribution in [1.29, 1.82) is 0 Å². The van der Waals surface area contributed by atoms with Crippen LogP contribution in [0.1, 0.15) is 40.1 Å². The van der Waals surface area contributed by atoms with E-state index >= 15 is 0 Å². The minimum atomic E-state index is 0.0320. The molecular formula is C29H33N3O2. The summed E-state index contributed by atoms with van der Waals surface area (Å²) in [6, 6.07) is 20.4. The van der Waals surface area contributed by atoms with Crippen LogP contribution in [0.2, 0.25) is 0 Å². The normalized spacial score (nSPS) is 11.1. The molecular weight excluding hydrogens is 422 g/mol. The number of ether oxygens (including phenoxy) is 1. The second-order valence-corrected chi connectivity index (χ2v) is 8.96. The third kappa shape index (κ3) is 5.48. The van der Waals surface area contributed by atoms with Gasteiger partial charge in [0.2, 0.25) is 5.91 Å². The van der Waals surface area contributed by atoms with Crippen LogP contribution in [0.4, 0.5) is 0 Å². The van der Waals surface area contributed by atoms with E-state index in [0.29, 0.717) is 13.0 Å². The molecule has 4 rings (SSSR count). The fourth-order valence-electron chi connectivity index (χ4n) is 4.58. The van der Waals surface area contributed by atoms with E-state index < -0.39 is 0 Å². The molecule has 0 aliphatic carbocycles. The minimum Gasteiger partial charge on any atom is -0.497 e. The number of nitrogens with one attached hydrogen (secondary N) is 1. The number of benzene rings is 3. The Morgan fingerprint density at radius 3 is 2.41 bits per heavy atom. The van der Waals surface area contributed by atoms with Crippen molar-refractivity contribution < 1.29 is 9.53 Å². The molecule has 0 atom stereocenters. The highest BCUT2D eigenvalue weighted by molar-refractivity contribution is 5.78. The van der Waals surface area contributed by atoms with Crippen LogP contribution >= 0.6 is 0 Å². The molecule has 176 valence electrons. The highest BCUT2D eigenvalue weighted by Gasteiger charge is 2.13. The van der Waals surface area contributed by atoms with Crippen LogP contribution in [0, 0.1) is 20.8 Å². The fraction of sp³-hybridized carbons (Fsp3) is 0.310. The predicted molar refractivity (Wildman–Crippen MR) is 138 cm³/mol. The summed E-state index contributed by atoms with van der Waals surface area (Å²) in [5.74, 6) is 1.89. The predicted octanol–water partition coefficient (Wildman–Crippen LogP) is 5.31. The summed E-state index contributed by atoms with van der Waals surface area (Å²) in [4.78, 5) is 17.3. The first kappa shape index (κ1) is 23.6. The van der Waals surface area contributed by atoms with Crippen molar-refractivity contribution in [3.63, 3.8) is 0 Å². The SMILES string of the molecule is COc1ccc(CC(=O)NCCCc2nc3ccccc3n2Cc2c(C)cc(C)cc2C)cc1. The molecule has 0 spiro atoms. The summed E-state index contributed by atoms with van der Waals surface area (Å²) in [5.41, 5.74) is 8.41. The maximum Gasteiger partial charge on any atom is 0.224 e. The smallest absolute Gasteiger partial charge is 0.224 e. The number of amides is 1. The Morgan fingerprint density at radius 2 is 1.71 bits per heavy atom. The number of hydrogen-bond acceptors (Lipinski definition) is 3. The molecule has 0 unspecified atom stereocenters. The first-order chi connectivity index (χ1) is 16.4. The van der Waals surface area contributed by atoms with Gasteiger partial charge in [-0.1, -0.05) is 42.0 Å². The summed E-state index contributed by atoms with van der Waals surface area (Å²) in [5, 5.41) is 3.05. The summed E-state index contributed by atoms with van der Waals surface area (Å²) in [7, 11) is 1.64. The number of carbonyl (C=O) groups excluding carboxylic acids is 1. The zero-order chi connectivity index (χ0) is 24.1. The molecule has 0 bridgehead atoms. The Kier molecular flexibility index (Phi) is 7.31. The van der Waals surface area contributed by atoms with E-state index in [0.717, 1.165) is 47.6 Å². The summed E-state index contributed by atoms with van der Waals surface area (Å²) >= 11 is 0. The molecule has 34 heavy (non-hydrogen) atoms. The maximum absolute atomic E-state index is 12.4. The van der Waals surface area contributed by atoms with Gasteiger partial charge in [-0.2, -0.15) is 0 Å². The van der Waals surface area contributed by atoms with Crippen molar-refractivity contribution in [2.75, 3.05) is 13.7 Å². The van der Waals surface area contributed by atoms with E-state index in [4.69, 9.17) is 9.72 Å². The van der Waals surface area contributed by atoms with Crippen LogP contribution in [0.25, 0.3) is 11.0 Å². The van der Waals surface area contributed by atoms with Crippen LogP contribution in [0.5, 0.6) is 5.75 Å². The first-order valence-electron chi connectivity index (χ1n) is 11.8. The third-order valence-corrected chi connectivity index (χ3v) is 6.31. The van der Waals surface area contributed by atoms with Gasteiger partial charge >= 0.3 is 0 Å². The zero-order valence-corrected chi connectivity index (χ0v) is 20.5. The number of aromatic nitrogens is 2. The number of methoxy groups -OCH3 is 1. The van der Waals surface area contributed by atoms with Gasteiger partial charge in [-0.15, -0.1) is 0 Å². The van der Waals surface area contributed by atoms with Gasteiger partial charge in [0.1, 0.15) is 11.6 Å². The highest BCUT2D eigenvalue weighted by Crippen LogP contribution is 2.23. The number of imidazole rings is 1. The van der Waals surface area contributed by atoms with E-state index in [9.17, 15) is 4.79 Å². The Labute approximate surface area is 201 Å². The topological polar surface area (TPSA) is 56.1 Å². The average Bonchev–Trinajstić information content (AvgIpc) is 3.16. The number of fused-ring (bicyclic) bond motifs is 1. The fourth-order valence-corrected chi connectivity index (χ4v) is 4.58. The zero-order valence-electron chi connectivity index (χ0n) is 20.5. The van der Waals surface area contributed by atoms with Crippen molar-refractivity contribution >= 4 is 16.9 Å². The lowest BCUT2D eigenvalue weighted by Crippen LogP contribution is -2.26. The average molecular weight is 456 g/mol. The quantitative estimate of drug-likeness (QED) is 0.348. The van der Waals surface area contributed by atoms with Crippen molar-refractivity contribution in [2.24, 2.45) is 0 Å². The molecule has 3 aromatic carbocycles. The van der Waals surface area contributed by atoms with Gasteiger partial charge in [-0.3, -0.25) is 4.79 Å². The van der Waals surface area contributed by atoms with E-state index in [2.05, 4.69) is 61.0 Å². The van der Waals surface area contributed by atoms with Crippen LogP contribution in [0.3, 0.4) is 0 Å². The monoisotopic (exact) mass is 455 g/mol. The van der Waals surface area contributed by atoms with E-state index in [-0.39, 0.29) is 5.91 Å². The van der Waals surface area contributed by atoms with Gasteiger partial charge in [-0.05, 0) is 73.7 Å². The van der Waals surface area contributed by atoms with Crippen LogP contribution in [-0.4, -0.2) is 29.1 Å². The van der Waals surface area contributed by atoms with E-state index in [1.54, 1.807) is 7.11 Å². The van der Waals surface area contributed by atoms with Crippen molar-refractivity contribution in [1.82, 2.24) is 14.9 Å². The maximum atomic E-state index is 12.4. The molecule has 0 saturated carbocycles. The summed E-state index contributed by atoms with van der Waals surface area (Å²) < 4.78 is 7.51. The summed E-state index contributed by atoms with van der Waals surface area (Å²) in [6.07, 6.45) is 2.01. The second-order valence-electron chi connectivity index (χ2n) is 8.96. The lowest BCUT2D eigenvalue weighted by Gasteiger charge is -2.15. The van der Waals surface area contributed by atoms with Crippen molar-refractivity contribution in [3.8, 4) is 5.75 Å². The van der Waals surface area contributed by atoms with Gasteiger partial charge in [-0.25, -0.2) is 4.98 Å². The number of para-hydroxylation sites is 2. The number of carbonyl (C=O) groups is 1. The number of nitrogens with zero attached hydrogens (tertiary/aromatic N) is 2. The lowest BCUT2D eigenvalue weighted by atomic mass is 9.99. The standard InChI is InChI=1S/C29H33N3O2/c1-20-16-21(2)25(22(3)17-20)19-32-27-9-6-5-8-26(27)31-28(32)10-7-15-30-29(33)18-23-11-13-24(34-4)14-12-23/h5-6,8-9,11-14,16-17H,7,10,15,18-19H2,1-4H3,(H,30,33). The second kappa shape index (κ2) is 10.6. The number of rotatable bonds is 9. The minimum absolute atomic E-state index is 0.0320. The summed E-state index contributed by atoms with van der Waals surface area (Å²) in [6.45, 7) is 7.95. The molecule has 5 heteroatoms. The van der Waals surface area contributed by atoms with E-state index in [1.807, 2.05) is 30.3 Å². The molecule has 0 fully saturated rings. The largest absolute Gasteiger partial charge is 0.497 e. The molecule has 0 radical (unpaired) electrons. The van der Waals surface area contributed by atoms with Crippen LogP contribution in [0.15, 0.2) is 60.7 Å². The lowest BCUT2D eigenvalue weighted by molar-refractivity contribution is -0.120. The molecule has 0 aliphatic rings. The van der Waals surface area contributed by atoms with Gasteiger partial charge in [0.25, 0.3) is 0 Å². The van der Waals surface area contributed by atoms with Crippen molar-refractivity contribution in [2.45, 2.75) is 46.6 Å². The van der Waals surface area contributed by atoms with Crippen molar-refractivity contribution in [3.05, 3.63) is 94.3 Å². The Balaban J connectivity index is 1.41. The molecule has 1 amide bonds. The van der Waals surface area contributed by atoms with Gasteiger partial charge in [0.15, 0.2) is 0 Å². The Morgan fingerprint density at radius 1 is 1.00 bits per heavy atom. The number of hydrogen-bond donors (Lipinski definition) is 1. The van der Waals surface area contributed by atoms with E-state index in [1.165, 1.54) is 22.3 Å². The molecule has 1 heterocycles.